The highest BCUT2D eigenvalue weighted by Crippen LogP contribution is 2.36. The van der Waals surface area contributed by atoms with Crippen molar-refractivity contribution in [2.24, 2.45) is 0 Å². The number of benzene rings is 1. The molecule has 1 fully saturated rings. The van der Waals surface area contributed by atoms with Crippen LogP contribution in [-0.4, -0.2) is 24.1 Å². The highest BCUT2D eigenvalue weighted by Gasteiger charge is 2.41. The molecule has 1 aliphatic heterocycles. The third kappa shape index (κ3) is 2.74. The van der Waals surface area contributed by atoms with E-state index < -0.39 is 5.41 Å². The van der Waals surface area contributed by atoms with Crippen LogP contribution in [0.2, 0.25) is 0 Å². The van der Waals surface area contributed by atoms with Crippen LogP contribution in [0.4, 0.5) is 5.82 Å². The number of aryl methyl sites for hydroxylation is 1. The lowest BCUT2D eigenvalue weighted by Gasteiger charge is -2.36. The van der Waals surface area contributed by atoms with Crippen LogP contribution in [0.3, 0.4) is 0 Å². The molecule has 0 spiro atoms. The van der Waals surface area contributed by atoms with Crippen molar-refractivity contribution in [3.05, 3.63) is 59.8 Å². The summed E-state index contributed by atoms with van der Waals surface area (Å²) < 4.78 is 5.47. The molecule has 1 aromatic heterocycles. The molecule has 0 saturated carbocycles. The number of carbonyl (C=O) groups is 1. The van der Waals surface area contributed by atoms with Gasteiger partial charge in [0, 0.05) is 19.4 Å². The largest absolute Gasteiger partial charge is 0.381 e. The lowest BCUT2D eigenvalue weighted by molar-refractivity contribution is -0.125. The summed E-state index contributed by atoms with van der Waals surface area (Å²) in [7, 11) is 0. The summed E-state index contributed by atoms with van der Waals surface area (Å²) in [5.41, 5.74) is 1.47. The lowest BCUT2D eigenvalue weighted by atomic mass is 9.73. The van der Waals surface area contributed by atoms with Crippen LogP contribution in [0.25, 0.3) is 0 Å². The summed E-state index contributed by atoms with van der Waals surface area (Å²) in [5, 5.41) is 3.01. The molecule has 3 rings (SSSR count). The van der Waals surface area contributed by atoms with Gasteiger partial charge < -0.3 is 10.1 Å². The number of anilines is 1. The number of hydrogen-bond donors (Lipinski definition) is 1. The van der Waals surface area contributed by atoms with Crippen molar-refractivity contribution in [2.75, 3.05) is 18.5 Å². The Morgan fingerprint density at radius 2 is 1.86 bits per heavy atom. The van der Waals surface area contributed by atoms with Gasteiger partial charge in [-0.2, -0.15) is 0 Å². The van der Waals surface area contributed by atoms with E-state index in [9.17, 15) is 4.79 Å². The highest BCUT2D eigenvalue weighted by atomic mass is 16.5. The van der Waals surface area contributed by atoms with E-state index in [1.54, 1.807) is 6.20 Å². The van der Waals surface area contributed by atoms with Crippen molar-refractivity contribution in [2.45, 2.75) is 25.2 Å². The predicted molar refractivity (Wildman–Crippen MR) is 85.8 cm³/mol. The summed E-state index contributed by atoms with van der Waals surface area (Å²) in [6, 6.07) is 13.8. The van der Waals surface area contributed by atoms with Gasteiger partial charge in [-0.25, -0.2) is 4.98 Å². The first-order chi connectivity index (χ1) is 10.7. The third-order valence-corrected chi connectivity index (χ3v) is 4.35. The number of ether oxygens (including phenoxy) is 1. The summed E-state index contributed by atoms with van der Waals surface area (Å²) >= 11 is 0. The van der Waals surface area contributed by atoms with Crippen molar-refractivity contribution in [3.63, 3.8) is 0 Å². The molecule has 1 aliphatic rings. The van der Waals surface area contributed by atoms with E-state index in [2.05, 4.69) is 10.3 Å². The Balaban J connectivity index is 1.93. The van der Waals surface area contributed by atoms with Crippen LogP contribution in [0.5, 0.6) is 0 Å². The van der Waals surface area contributed by atoms with Gasteiger partial charge in [-0.05, 0) is 37.0 Å². The molecule has 2 aromatic rings. The van der Waals surface area contributed by atoms with Gasteiger partial charge in [-0.3, -0.25) is 4.79 Å². The maximum absolute atomic E-state index is 13.0. The first kappa shape index (κ1) is 14.7. The second-order valence-corrected chi connectivity index (χ2v) is 5.68. The average Bonchev–Trinajstić information content (AvgIpc) is 2.58. The van der Waals surface area contributed by atoms with E-state index in [4.69, 9.17) is 4.74 Å². The Morgan fingerprint density at radius 3 is 2.55 bits per heavy atom. The van der Waals surface area contributed by atoms with E-state index in [1.807, 2.05) is 49.4 Å². The van der Waals surface area contributed by atoms with Gasteiger partial charge in [0.1, 0.15) is 5.82 Å². The fraction of sp³-hybridized carbons (Fsp3) is 0.333. The monoisotopic (exact) mass is 296 g/mol. The SMILES string of the molecule is Cc1cccnc1NC(=O)C1(c2ccccc2)CCOCC1. The number of nitrogens with one attached hydrogen (secondary N) is 1. The molecular weight excluding hydrogens is 276 g/mol. The molecule has 0 bridgehead atoms. The Morgan fingerprint density at radius 1 is 1.14 bits per heavy atom. The van der Waals surface area contributed by atoms with E-state index in [1.165, 1.54) is 0 Å². The quantitative estimate of drug-likeness (QED) is 0.947. The van der Waals surface area contributed by atoms with Crippen LogP contribution in [0, 0.1) is 6.92 Å². The maximum Gasteiger partial charge on any atom is 0.236 e. The molecule has 0 aliphatic carbocycles. The first-order valence-corrected chi connectivity index (χ1v) is 7.59. The maximum atomic E-state index is 13.0. The molecule has 4 nitrogen and oxygen atoms in total. The predicted octanol–water partition coefficient (Wildman–Crippen LogP) is 3.08. The van der Waals surface area contributed by atoms with Crippen molar-refractivity contribution < 1.29 is 9.53 Å². The minimum absolute atomic E-state index is 0.00352. The highest BCUT2D eigenvalue weighted by molar-refractivity contribution is 5.99. The van der Waals surface area contributed by atoms with E-state index in [0.717, 1.165) is 11.1 Å². The second-order valence-electron chi connectivity index (χ2n) is 5.68. The van der Waals surface area contributed by atoms with Crippen molar-refractivity contribution in [1.82, 2.24) is 4.98 Å². The number of rotatable bonds is 3. The summed E-state index contributed by atoms with van der Waals surface area (Å²) in [6.45, 7) is 3.15. The molecule has 1 amide bonds. The molecule has 22 heavy (non-hydrogen) atoms. The average molecular weight is 296 g/mol. The van der Waals surface area contributed by atoms with Gasteiger partial charge in [0.05, 0.1) is 5.41 Å². The Kier molecular flexibility index (Phi) is 4.20. The Hall–Kier alpha value is -2.20. The van der Waals surface area contributed by atoms with E-state index in [0.29, 0.717) is 31.9 Å². The smallest absolute Gasteiger partial charge is 0.236 e. The number of pyridine rings is 1. The molecule has 114 valence electrons. The molecule has 1 saturated heterocycles. The van der Waals surface area contributed by atoms with Crippen LogP contribution in [0.15, 0.2) is 48.7 Å². The Labute approximate surface area is 130 Å². The van der Waals surface area contributed by atoms with Gasteiger partial charge in [0.2, 0.25) is 5.91 Å². The Bertz CT molecular complexity index is 649. The van der Waals surface area contributed by atoms with Crippen molar-refractivity contribution >= 4 is 11.7 Å². The molecule has 4 heteroatoms. The standard InChI is InChI=1S/C18H20N2O2/c1-14-6-5-11-19-16(14)20-17(21)18(9-12-22-13-10-18)15-7-3-2-4-8-15/h2-8,11H,9-10,12-13H2,1H3,(H,19,20,21). The topological polar surface area (TPSA) is 51.2 Å². The summed E-state index contributed by atoms with van der Waals surface area (Å²) in [6.07, 6.45) is 3.07. The molecule has 1 N–H and O–H groups in total. The normalized spacial score (nSPS) is 17.0. The molecule has 2 heterocycles. The second kappa shape index (κ2) is 6.28. The number of amides is 1. The van der Waals surface area contributed by atoms with E-state index >= 15 is 0 Å². The van der Waals surface area contributed by atoms with Gasteiger partial charge in [0.25, 0.3) is 0 Å². The first-order valence-electron chi connectivity index (χ1n) is 7.59. The molecule has 0 radical (unpaired) electrons. The molecule has 0 unspecified atom stereocenters. The lowest BCUT2D eigenvalue weighted by Crippen LogP contribution is -2.45. The fourth-order valence-electron chi connectivity index (χ4n) is 2.97. The van der Waals surface area contributed by atoms with Crippen LogP contribution >= 0.6 is 0 Å². The van der Waals surface area contributed by atoms with Gasteiger partial charge >= 0.3 is 0 Å². The number of nitrogens with zero attached hydrogens (tertiary/aromatic N) is 1. The minimum Gasteiger partial charge on any atom is -0.381 e. The van der Waals surface area contributed by atoms with Crippen LogP contribution in [-0.2, 0) is 14.9 Å². The minimum atomic E-state index is -0.538. The third-order valence-electron chi connectivity index (χ3n) is 4.35. The summed E-state index contributed by atoms with van der Waals surface area (Å²) in [4.78, 5) is 17.3. The molecule has 0 atom stereocenters. The van der Waals surface area contributed by atoms with Gasteiger partial charge in [-0.1, -0.05) is 36.4 Å². The molecule has 1 aromatic carbocycles. The van der Waals surface area contributed by atoms with Gasteiger partial charge in [-0.15, -0.1) is 0 Å². The summed E-state index contributed by atoms with van der Waals surface area (Å²) in [5.74, 6) is 0.637. The fourth-order valence-corrected chi connectivity index (χ4v) is 2.97. The number of hydrogen-bond acceptors (Lipinski definition) is 3. The molecular formula is C18H20N2O2. The zero-order valence-corrected chi connectivity index (χ0v) is 12.7. The van der Waals surface area contributed by atoms with E-state index in [-0.39, 0.29) is 5.91 Å². The van der Waals surface area contributed by atoms with Crippen LogP contribution in [0.1, 0.15) is 24.0 Å². The van der Waals surface area contributed by atoms with Gasteiger partial charge in [0.15, 0.2) is 0 Å². The van der Waals surface area contributed by atoms with Crippen LogP contribution < -0.4 is 5.32 Å². The zero-order chi connectivity index (χ0) is 15.4. The number of aromatic nitrogens is 1. The number of carbonyl (C=O) groups excluding carboxylic acids is 1. The van der Waals surface area contributed by atoms with Crippen molar-refractivity contribution in [3.8, 4) is 0 Å². The zero-order valence-electron chi connectivity index (χ0n) is 12.7. The van der Waals surface area contributed by atoms with Crippen molar-refractivity contribution in [1.29, 1.82) is 0 Å².